The molecule has 0 aliphatic carbocycles. The van der Waals surface area contributed by atoms with Crippen molar-refractivity contribution in [1.82, 2.24) is 15.0 Å². The number of benzene rings is 2. The molecule has 6 heteroatoms. The van der Waals surface area contributed by atoms with Crippen molar-refractivity contribution in [2.24, 2.45) is 0 Å². The Morgan fingerprint density at radius 3 is 2.69 bits per heavy atom. The lowest BCUT2D eigenvalue weighted by Gasteiger charge is -2.15. The van der Waals surface area contributed by atoms with E-state index < -0.39 is 0 Å². The Morgan fingerprint density at radius 1 is 1.14 bits per heavy atom. The number of amides is 1. The van der Waals surface area contributed by atoms with Crippen molar-refractivity contribution in [3.63, 3.8) is 0 Å². The second-order valence-electron chi connectivity index (χ2n) is 7.34. The molecule has 150 valence electrons. The van der Waals surface area contributed by atoms with Gasteiger partial charge >= 0.3 is 0 Å². The number of carbonyl (C=O) groups is 1. The summed E-state index contributed by atoms with van der Waals surface area (Å²) in [6, 6.07) is 17.7. The Morgan fingerprint density at radius 2 is 1.93 bits per heavy atom. The minimum absolute atomic E-state index is 0.0656. The quantitative estimate of drug-likeness (QED) is 0.531. The van der Waals surface area contributed by atoms with Gasteiger partial charge < -0.3 is 14.2 Å². The normalized spacial score (nSPS) is 16.4. The second kappa shape index (κ2) is 8.90. The second-order valence-corrected chi connectivity index (χ2v) is 7.34. The zero-order valence-corrected chi connectivity index (χ0v) is 16.6. The van der Waals surface area contributed by atoms with Crippen LogP contribution >= 0.6 is 0 Å². The third-order valence-corrected chi connectivity index (χ3v) is 5.10. The third-order valence-electron chi connectivity index (χ3n) is 5.10. The van der Waals surface area contributed by atoms with Crippen LogP contribution in [0.5, 0.6) is 5.75 Å². The molecule has 2 aromatic carbocycles. The molecule has 0 saturated carbocycles. The largest absolute Gasteiger partial charge is 0.494 e. The molecule has 4 rings (SSSR count). The van der Waals surface area contributed by atoms with Crippen LogP contribution in [0, 0.1) is 0 Å². The van der Waals surface area contributed by atoms with Crippen LogP contribution in [0.4, 0.5) is 0 Å². The summed E-state index contributed by atoms with van der Waals surface area (Å²) in [5, 5.41) is 4.11. The molecule has 2 heterocycles. The van der Waals surface area contributed by atoms with Crippen LogP contribution in [0.25, 0.3) is 11.4 Å². The molecule has 0 radical (unpaired) electrons. The highest BCUT2D eigenvalue weighted by Crippen LogP contribution is 2.30. The number of likely N-dealkylation sites (tertiary alicyclic amines) is 1. The van der Waals surface area contributed by atoms with Crippen LogP contribution in [-0.4, -0.2) is 34.1 Å². The van der Waals surface area contributed by atoms with Crippen molar-refractivity contribution in [3.05, 3.63) is 66.1 Å². The summed E-state index contributed by atoms with van der Waals surface area (Å²) in [4.78, 5) is 18.8. The van der Waals surface area contributed by atoms with Crippen LogP contribution in [0.3, 0.4) is 0 Å². The molecule has 1 fully saturated rings. The van der Waals surface area contributed by atoms with Gasteiger partial charge in [-0.2, -0.15) is 4.98 Å². The van der Waals surface area contributed by atoms with Gasteiger partial charge in [0.05, 0.1) is 12.5 Å². The average molecular weight is 391 g/mol. The first-order valence-corrected chi connectivity index (χ1v) is 10.1. The Kier molecular flexibility index (Phi) is 5.89. The van der Waals surface area contributed by atoms with E-state index in [4.69, 9.17) is 9.26 Å². The van der Waals surface area contributed by atoms with Crippen LogP contribution in [0.1, 0.15) is 43.6 Å². The summed E-state index contributed by atoms with van der Waals surface area (Å²) < 4.78 is 11.2. The molecule has 1 aromatic heterocycles. The van der Waals surface area contributed by atoms with Gasteiger partial charge in [-0.25, -0.2) is 0 Å². The molecule has 6 nitrogen and oxygen atoms in total. The average Bonchev–Trinajstić information content (AvgIpc) is 3.37. The van der Waals surface area contributed by atoms with Gasteiger partial charge in [-0.3, -0.25) is 4.79 Å². The highest BCUT2D eigenvalue weighted by molar-refractivity contribution is 5.79. The molecule has 1 unspecified atom stereocenters. The van der Waals surface area contributed by atoms with Crippen LogP contribution < -0.4 is 4.74 Å². The monoisotopic (exact) mass is 391 g/mol. The van der Waals surface area contributed by atoms with Crippen molar-refractivity contribution in [1.29, 1.82) is 0 Å². The first kappa shape index (κ1) is 19.2. The van der Waals surface area contributed by atoms with Crippen molar-refractivity contribution in [3.8, 4) is 17.1 Å². The molecule has 1 saturated heterocycles. The highest BCUT2D eigenvalue weighted by atomic mass is 16.5. The fourth-order valence-corrected chi connectivity index (χ4v) is 3.45. The fourth-order valence-electron chi connectivity index (χ4n) is 3.45. The molecule has 29 heavy (non-hydrogen) atoms. The van der Waals surface area contributed by atoms with Gasteiger partial charge in [-0.05, 0) is 36.2 Å². The van der Waals surface area contributed by atoms with Crippen LogP contribution in [-0.2, 0) is 11.3 Å². The van der Waals surface area contributed by atoms with E-state index in [0.29, 0.717) is 31.2 Å². The van der Waals surface area contributed by atoms with Gasteiger partial charge in [-0.15, -0.1) is 0 Å². The lowest BCUT2D eigenvalue weighted by molar-refractivity contribution is -0.128. The van der Waals surface area contributed by atoms with E-state index in [0.717, 1.165) is 36.3 Å². The standard InChI is InChI=1S/C23H25N3O3/c1-2-3-13-28-20-11-9-18(10-12-20)22-24-23(29-25-22)19-14-21(27)26(16-19)15-17-7-5-4-6-8-17/h4-12,19H,2-3,13-16H2,1H3. The summed E-state index contributed by atoms with van der Waals surface area (Å²) in [6.45, 7) is 4.06. The van der Waals surface area contributed by atoms with Gasteiger partial charge in [-0.1, -0.05) is 48.8 Å². The maximum Gasteiger partial charge on any atom is 0.232 e. The highest BCUT2D eigenvalue weighted by Gasteiger charge is 2.34. The van der Waals surface area contributed by atoms with Gasteiger partial charge in [0, 0.05) is 25.1 Å². The lowest BCUT2D eigenvalue weighted by Crippen LogP contribution is -2.24. The van der Waals surface area contributed by atoms with E-state index in [1.807, 2.05) is 59.5 Å². The number of hydrogen-bond acceptors (Lipinski definition) is 5. The first-order valence-electron chi connectivity index (χ1n) is 10.1. The van der Waals surface area contributed by atoms with E-state index in [1.165, 1.54) is 0 Å². The van der Waals surface area contributed by atoms with E-state index in [1.54, 1.807) is 0 Å². The molecular formula is C23H25N3O3. The molecule has 0 N–H and O–H groups in total. The van der Waals surface area contributed by atoms with Gasteiger partial charge in [0.25, 0.3) is 0 Å². The summed E-state index contributed by atoms with van der Waals surface area (Å²) >= 11 is 0. The number of aromatic nitrogens is 2. The molecule has 0 bridgehead atoms. The Hall–Kier alpha value is -3.15. The minimum atomic E-state index is -0.0656. The van der Waals surface area contributed by atoms with Crippen LogP contribution in [0.15, 0.2) is 59.1 Å². The van der Waals surface area contributed by atoms with Gasteiger partial charge in [0.1, 0.15) is 5.75 Å². The van der Waals surface area contributed by atoms with Gasteiger partial charge in [0.2, 0.25) is 17.6 Å². The Bertz CT molecular complexity index is 938. The zero-order chi connectivity index (χ0) is 20.1. The number of rotatable bonds is 8. The minimum Gasteiger partial charge on any atom is -0.494 e. The summed E-state index contributed by atoms with van der Waals surface area (Å²) in [5.41, 5.74) is 1.99. The SMILES string of the molecule is CCCCOc1ccc(-c2noc(C3CC(=O)N(Cc4ccccc4)C3)n2)cc1. The summed E-state index contributed by atoms with van der Waals surface area (Å²) in [5.74, 6) is 1.95. The topological polar surface area (TPSA) is 68.5 Å². The van der Waals surface area contributed by atoms with Crippen molar-refractivity contribution in [2.45, 2.75) is 38.6 Å². The third kappa shape index (κ3) is 4.65. The van der Waals surface area contributed by atoms with Crippen LogP contribution in [0.2, 0.25) is 0 Å². The fraction of sp³-hybridized carbons (Fsp3) is 0.348. The maximum atomic E-state index is 12.4. The van der Waals surface area contributed by atoms with E-state index in [9.17, 15) is 4.79 Å². The summed E-state index contributed by atoms with van der Waals surface area (Å²) in [7, 11) is 0. The molecule has 0 spiro atoms. The molecular weight excluding hydrogens is 366 g/mol. The van der Waals surface area contributed by atoms with E-state index in [2.05, 4.69) is 17.1 Å². The van der Waals surface area contributed by atoms with Crippen molar-refractivity contribution in [2.75, 3.05) is 13.2 Å². The number of ether oxygens (including phenoxy) is 1. The predicted octanol–water partition coefficient (Wildman–Crippen LogP) is 4.43. The molecule has 1 aliphatic rings. The predicted molar refractivity (Wildman–Crippen MR) is 109 cm³/mol. The van der Waals surface area contributed by atoms with Gasteiger partial charge in [0.15, 0.2) is 0 Å². The number of hydrogen-bond donors (Lipinski definition) is 0. The smallest absolute Gasteiger partial charge is 0.232 e. The number of carbonyl (C=O) groups excluding carboxylic acids is 1. The number of nitrogens with zero attached hydrogens (tertiary/aromatic N) is 3. The summed E-state index contributed by atoms with van der Waals surface area (Å²) in [6.07, 6.45) is 2.55. The van der Waals surface area contributed by atoms with E-state index >= 15 is 0 Å². The molecule has 1 amide bonds. The van der Waals surface area contributed by atoms with E-state index in [-0.39, 0.29) is 11.8 Å². The van der Waals surface area contributed by atoms with Crippen molar-refractivity contribution < 1.29 is 14.1 Å². The molecule has 1 aliphatic heterocycles. The molecule has 3 aromatic rings. The Labute approximate surface area is 170 Å². The maximum absolute atomic E-state index is 12.4. The van der Waals surface area contributed by atoms with Crippen molar-refractivity contribution >= 4 is 5.91 Å². The Balaban J connectivity index is 1.39. The first-order chi connectivity index (χ1) is 14.2. The zero-order valence-electron chi connectivity index (χ0n) is 16.6. The number of unbranched alkanes of at least 4 members (excludes halogenated alkanes) is 1. The lowest BCUT2D eigenvalue weighted by atomic mass is 10.1. The molecule has 1 atom stereocenters.